The molecule has 0 unspecified atom stereocenters. The zero-order valence-electron chi connectivity index (χ0n) is 15.1. The number of anilines is 3. The van der Waals surface area contributed by atoms with Crippen LogP contribution in [0, 0.1) is 0 Å². The van der Waals surface area contributed by atoms with Crippen LogP contribution in [0.15, 0.2) is 77.7 Å². The Morgan fingerprint density at radius 2 is 1.34 bits per heavy atom. The molecule has 29 heavy (non-hydrogen) atoms. The maximum absolute atomic E-state index is 12.1. The summed E-state index contributed by atoms with van der Waals surface area (Å²) in [4.78, 5) is 25.0. The van der Waals surface area contributed by atoms with Gasteiger partial charge in [-0.05, 0) is 54.6 Å². The van der Waals surface area contributed by atoms with Crippen molar-refractivity contribution in [1.82, 2.24) is 0 Å². The molecule has 3 amide bonds. The molecule has 0 spiro atoms. The van der Waals surface area contributed by atoms with Gasteiger partial charge in [-0.25, -0.2) is 4.79 Å². The molecule has 0 saturated carbocycles. The van der Waals surface area contributed by atoms with E-state index in [2.05, 4.69) is 16.0 Å². The number of hydrogen-bond donors (Lipinski definition) is 3. The van der Waals surface area contributed by atoms with E-state index in [1.165, 1.54) is 11.8 Å². The molecule has 3 rings (SSSR count). The van der Waals surface area contributed by atoms with Crippen molar-refractivity contribution in [3.63, 3.8) is 0 Å². The van der Waals surface area contributed by atoms with Crippen molar-refractivity contribution in [2.24, 2.45) is 0 Å². The normalized spacial score (nSPS) is 10.3. The predicted octanol–water partition coefficient (Wildman–Crippen LogP) is 6.37. The third-order valence-corrected chi connectivity index (χ3v) is 5.47. The smallest absolute Gasteiger partial charge is 0.323 e. The van der Waals surface area contributed by atoms with Crippen molar-refractivity contribution < 1.29 is 9.59 Å². The Labute approximate surface area is 182 Å². The van der Waals surface area contributed by atoms with E-state index in [1.807, 2.05) is 42.5 Å². The van der Waals surface area contributed by atoms with Crippen molar-refractivity contribution in [1.29, 1.82) is 0 Å². The monoisotopic (exact) mass is 445 g/mol. The van der Waals surface area contributed by atoms with Gasteiger partial charge in [0, 0.05) is 22.0 Å². The zero-order valence-corrected chi connectivity index (χ0v) is 17.4. The minimum absolute atomic E-state index is 0.155. The topological polar surface area (TPSA) is 70.2 Å². The molecule has 148 valence electrons. The van der Waals surface area contributed by atoms with Crippen molar-refractivity contribution in [3.05, 3.63) is 82.8 Å². The number of para-hydroxylation sites is 1. The second-order valence-electron chi connectivity index (χ2n) is 5.94. The number of amides is 3. The number of thioether (sulfide) groups is 1. The molecule has 0 atom stereocenters. The standard InChI is InChI=1S/C21H17Cl2N3O2S/c22-18-11-8-16(12-19(18)23)24-20(27)13-29-17-9-6-15(7-10-17)26-21(28)25-14-4-2-1-3-5-14/h1-12H,13H2,(H,24,27)(H2,25,26,28). The Kier molecular flexibility index (Phi) is 7.41. The van der Waals surface area contributed by atoms with Crippen LogP contribution < -0.4 is 16.0 Å². The average molecular weight is 446 g/mol. The van der Waals surface area contributed by atoms with Crippen LogP contribution in [0.25, 0.3) is 0 Å². The number of rotatable bonds is 6. The van der Waals surface area contributed by atoms with Gasteiger partial charge in [0.1, 0.15) is 0 Å². The number of nitrogens with one attached hydrogen (secondary N) is 3. The maximum atomic E-state index is 12.1. The lowest BCUT2D eigenvalue weighted by atomic mass is 10.3. The van der Waals surface area contributed by atoms with Crippen LogP contribution in [0.5, 0.6) is 0 Å². The number of benzene rings is 3. The van der Waals surface area contributed by atoms with Crippen LogP contribution in [0.3, 0.4) is 0 Å². The van der Waals surface area contributed by atoms with E-state index >= 15 is 0 Å². The molecule has 0 fully saturated rings. The minimum Gasteiger partial charge on any atom is -0.325 e. The molecule has 0 aliphatic rings. The Hall–Kier alpha value is -2.67. The Balaban J connectivity index is 1.46. The van der Waals surface area contributed by atoms with Gasteiger partial charge < -0.3 is 16.0 Å². The summed E-state index contributed by atoms with van der Waals surface area (Å²) in [5.41, 5.74) is 1.96. The first-order valence-electron chi connectivity index (χ1n) is 8.60. The molecule has 5 nitrogen and oxygen atoms in total. The average Bonchev–Trinajstić information content (AvgIpc) is 2.71. The fraction of sp³-hybridized carbons (Fsp3) is 0.0476. The van der Waals surface area contributed by atoms with Gasteiger partial charge in [-0.2, -0.15) is 0 Å². The van der Waals surface area contributed by atoms with Crippen molar-refractivity contribution >= 4 is 64.0 Å². The number of halogens is 2. The summed E-state index contributed by atoms with van der Waals surface area (Å²) >= 11 is 13.2. The van der Waals surface area contributed by atoms with Crippen LogP contribution in [-0.2, 0) is 4.79 Å². The highest BCUT2D eigenvalue weighted by molar-refractivity contribution is 8.00. The Morgan fingerprint density at radius 3 is 2.00 bits per heavy atom. The molecule has 0 aliphatic carbocycles. The number of carbonyl (C=O) groups is 2. The van der Waals surface area contributed by atoms with E-state index in [0.717, 1.165) is 4.90 Å². The minimum atomic E-state index is -0.322. The highest BCUT2D eigenvalue weighted by Crippen LogP contribution is 2.25. The third kappa shape index (κ3) is 6.71. The van der Waals surface area contributed by atoms with Gasteiger partial charge in [-0.3, -0.25) is 4.79 Å². The Bertz CT molecular complexity index is 999. The summed E-state index contributed by atoms with van der Waals surface area (Å²) in [5, 5.41) is 9.11. The lowest BCUT2D eigenvalue weighted by Crippen LogP contribution is -2.19. The van der Waals surface area contributed by atoms with Gasteiger partial charge in [0.05, 0.1) is 15.8 Å². The van der Waals surface area contributed by atoms with Crippen LogP contribution in [-0.4, -0.2) is 17.7 Å². The first-order valence-corrected chi connectivity index (χ1v) is 10.3. The van der Waals surface area contributed by atoms with Crippen molar-refractivity contribution in [2.75, 3.05) is 21.7 Å². The molecule has 8 heteroatoms. The van der Waals surface area contributed by atoms with E-state index in [1.54, 1.807) is 30.3 Å². The zero-order chi connectivity index (χ0) is 20.6. The van der Waals surface area contributed by atoms with E-state index in [0.29, 0.717) is 27.1 Å². The molecule has 0 aromatic heterocycles. The van der Waals surface area contributed by atoms with Crippen molar-refractivity contribution in [2.45, 2.75) is 4.90 Å². The second kappa shape index (κ2) is 10.2. The van der Waals surface area contributed by atoms with Gasteiger partial charge in [0.15, 0.2) is 0 Å². The lowest BCUT2D eigenvalue weighted by molar-refractivity contribution is -0.113. The van der Waals surface area contributed by atoms with Gasteiger partial charge >= 0.3 is 6.03 Å². The lowest BCUT2D eigenvalue weighted by Gasteiger charge is -2.09. The highest BCUT2D eigenvalue weighted by atomic mass is 35.5. The summed E-state index contributed by atoms with van der Waals surface area (Å²) in [6, 6.07) is 21.0. The van der Waals surface area contributed by atoms with Crippen LogP contribution in [0.2, 0.25) is 10.0 Å². The van der Waals surface area contributed by atoms with Crippen LogP contribution in [0.4, 0.5) is 21.9 Å². The van der Waals surface area contributed by atoms with Crippen LogP contribution >= 0.6 is 35.0 Å². The largest absolute Gasteiger partial charge is 0.325 e. The Morgan fingerprint density at radius 1 is 0.724 bits per heavy atom. The fourth-order valence-corrected chi connectivity index (χ4v) is 3.37. The molecule has 0 heterocycles. The first kappa shape index (κ1) is 21.0. The fourth-order valence-electron chi connectivity index (χ4n) is 2.37. The molecule has 0 bridgehead atoms. The number of hydrogen-bond acceptors (Lipinski definition) is 3. The predicted molar refractivity (Wildman–Crippen MR) is 121 cm³/mol. The summed E-state index contributed by atoms with van der Waals surface area (Å²) in [6.07, 6.45) is 0. The van der Waals surface area contributed by atoms with E-state index < -0.39 is 0 Å². The molecular weight excluding hydrogens is 429 g/mol. The van der Waals surface area contributed by atoms with Crippen LogP contribution in [0.1, 0.15) is 0 Å². The molecule has 0 saturated heterocycles. The maximum Gasteiger partial charge on any atom is 0.323 e. The summed E-state index contributed by atoms with van der Waals surface area (Å²) in [7, 11) is 0. The van der Waals surface area contributed by atoms with E-state index in [-0.39, 0.29) is 17.7 Å². The molecule has 3 N–H and O–H groups in total. The number of urea groups is 1. The molecule has 0 radical (unpaired) electrons. The SMILES string of the molecule is O=C(CSc1ccc(NC(=O)Nc2ccccc2)cc1)Nc1ccc(Cl)c(Cl)c1. The first-order chi connectivity index (χ1) is 14.0. The van der Waals surface area contributed by atoms with Gasteiger partial charge in [0.25, 0.3) is 0 Å². The van der Waals surface area contributed by atoms with Gasteiger partial charge in [0.2, 0.25) is 5.91 Å². The molecular formula is C21H17Cl2N3O2S. The summed E-state index contributed by atoms with van der Waals surface area (Å²) < 4.78 is 0. The second-order valence-corrected chi connectivity index (χ2v) is 7.80. The molecule has 0 aliphatic heterocycles. The summed E-state index contributed by atoms with van der Waals surface area (Å²) in [6.45, 7) is 0. The molecule has 3 aromatic carbocycles. The summed E-state index contributed by atoms with van der Waals surface area (Å²) in [5.74, 6) is 0.0828. The van der Waals surface area contributed by atoms with Crippen molar-refractivity contribution in [3.8, 4) is 0 Å². The van der Waals surface area contributed by atoms with E-state index in [9.17, 15) is 9.59 Å². The van der Waals surface area contributed by atoms with Gasteiger partial charge in [-0.1, -0.05) is 41.4 Å². The third-order valence-electron chi connectivity index (χ3n) is 3.72. The quantitative estimate of drug-likeness (QED) is 0.386. The highest BCUT2D eigenvalue weighted by Gasteiger charge is 2.07. The number of carbonyl (C=O) groups excluding carboxylic acids is 2. The van der Waals surface area contributed by atoms with E-state index in [4.69, 9.17) is 23.2 Å². The molecule has 3 aromatic rings. The van der Waals surface area contributed by atoms with Gasteiger partial charge in [-0.15, -0.1) is 11.8 Å².